The lowest BCUT2D eigenvalue weighted by Gasteiger charge is -2.11. The van der Waals surface area contributed by atoms with E-state index < -0.39 is 17.0 Å². The second-order valence-electron chi connectivity index (χ2n) is 4.15. The van der Waals surface area contributed by atoms with Crippen LogP contribution in [0.1, 0.15) is 11.3 Å². The van der Waals surface area contributed by atoms with Crippen LogP contribution in [0.25, 0.3) is 17.4 Å². The van der Waals surface area contributed by atoms with Crippen LogP contribution in [0.15, 0.2) is 39.2 Å². The van der Waals surface area contributed by atoms with Gasteiger partial charge < -0.3 is 4.42 Å². The Labute approximate surface area is 141 Å². The number of hydrogen-bond donors (Lipinski definition) is 0. The van der Waals surface area contributed by atoms with Crippen LogP contribution in [0.4, 0.5) is 13.2 Å². The average Bonchev–Trinajstić information content (AvgIpc) is 2.83. The number of rotatable bonds is 3. The summed E-state index contributed by atoms with van der Waals surface area (Å²) < 4.78 is 44.0. The van der Waals surface area contributed by atoms with Crippen molar-refractivity contribution >= 4 is 50.5 Å². The van der Waals surface area contributed by atoms with E-state index in [-0.39, 0.29) is 26.6 Å². The summed E-state index contributed by atoms with van der Waals surface area (Å²) in [6.07, 6.45) is -2.16. The van der Waals surface area contributed by atoms with Crippen molar-refractivity contribution in [2.45, 2.75) is 6.18 Å². The van der Waals surface area contributed by atoms with Gasteiger partial charge in [-0.3, -0.25) is 4.79 Å². The molecule has 0 fully saturated rings. The molecule has 0 atom stereocenters. The molecule has 0 aliphatic carbocycles. The molecule has 116 valence electrons. The van der Waals surface area contributed by atoms with Crippen LogP contribution in [0.2, 0.25) is 5.02 Å². The Hall–Kier alpha value is -1.24. The average molecular weight is 414 g/mol. The summed E-state index contributed by atoms with van der Waals surface area (Å²) in [6.45, 7) is 0. The zero-order valence-electron chi connectivity index (χ0n) is 10.5. The molecule has 0 radical (unpaired) electrons. The van der Waals surface area contributed by atoms with Gasteiger partial charge in [0.2, 0.25) is 5.24 Å². The van der Waals surface area contributed by atoms with Gasteiger partial charge in [0.25, 0.3) is 0 Å². The van der Waals surface area contributed by atoms with Gasteiger partial charge in [-0.15, -0.1) is 0 Å². The number of halogens is 6. The Kier molecular flexibility index (Phi) is 5.04. The van der Waals surface area contributed by atoms with E-state index in [1.54, 1.807) is 0 Å². The van der Waals surface area contributed by atoms with E-state index in [9.17, 15) is 18.0 Å². The molecule has 2 aromatic rings. The number of benzene rings is 1. The molecule has 0 bridgehead atoms. The molecule has 1 aromatic carbocycles. The van der Waals surface area contributed by atoms with Gasteiger partial charge in [-0.2, -0.15) is 13.2 Å². The van der Waals surface area contributed by atoms with Crippen LogP contribution < -0.4 is 0 Å². The van der Waals surface area contributed by atoms with Crippen molar-refractivity contribution in [2.75, 3.05) is 0 Å². The van der Waals surface area contributed by atoms with E-state index in [2.05, 4.69) is 15.9 Å². The molecule has 1 aromatic heterocycles. The normalized spacial score (nSPS) is 12.1. The fourth-order valence-electron chi connectivity index (χ4n) is 1.69. The van der Waals surface area contributed by atoms with Gasteiger partial charge in [-0.1, -0.05) is 27.5 Å². The Bertz CT molecular complexity index is 751. The molecular formula is C14H6BrCl2F3O2. The van der Waals surface area contributed by atoms with E-state index >= 15 is 0 Å². The molecule has 0 aliphatic heterocycles. The highest BCUT2D eigenvalue weighted by Crippen LogP contribution is 2.41. The molecule has 8 heteroatoms. The molecular weight excluding hydrogens is 408 g/mol. The quantitative estimate of drug-likeness (QED) is 0.445. The zero-order valence-corrected chi connectivity index (χ0v) is 13.6. The number of hydrogen-bond acceptors (Lipinski definition) is 2. The van der Waals surface area contributed by atoms with Crippen molar-refractivity contribution in [2.24, 2.45) is 0 Å². The maximum Gasteiger partial charge on any atom is 0.417 e. The standard InChI is InChI=1S/C14H6BrCl2F3O2/c15-10-6-11(16)8(5-9(10)14(18,19)20)12-3-1-7(22-12)2-4-13(17)21/h1-6H/b4-2+. The molecule has 0 amide bonds. The number of carbonyl (C=O) groups excluding carboxylic acids is 1. The monoisotopic (exact) mass is 412 g/mol. The third kappa shape index (κ3) is 3.94. The Morgan fingerprint density at radius 3 is 2.55 bits per heavy atom. The first-order valence-electron chi connectivity index (χ1n) is 5.72. The topological polar surface area (TPSA) is 30.2 Å². The molecule has 2 nitrogen and oxygen atoms in total. The van der Waals surface area contributed by atoms with Crippen LogP contribution in [-0.4, -0.2) is 5.24 Å². The smallest absolute Gasteiger partial charge is 0.417 e. The molecule has 0 saturated heterocycles. The van der Waals surface area contributed by atoms with Crippen molar-refractivity contribution < 1.29 is 22.4 Å². The predicted molar refractivity (Wildman–Crippen MR) is 81.8 cm³/mol. The van der Waals surface area contributed by atoms with Crippen molar-refractivity contribution in [3.8, 4) is 11.3 Å². The fourth-order valence-corrected chi connectivity index (χ4v) is 2.71. The van der Waals surface area contributed by atoms with Crippen LogP contribution in [0.3, 0.4) is 0 Å². The maximum absolute atomic E-state index is 12.9. The number of alkyl halides is 3. The Morgan fingerprint density at radius 1 is 1.27 bits per heavy atom. The van der Waals surface area contributed by atoms with Gasteiger partial charge in [-0.25, -0.2) is 0 Å². The molecule has 0 saturated carbocycles. The second-order valence-corrected chi connectivity index (χ2v) is 5.78. The minimum Gasteiger partial charge on any atom is -0.457 e. The lowest BCUT2D eigenvalue weighted by Crippen LogP contribution is -2.06. The third-order valence-electron chi connectivity index (χ3n) is 2.63. The van der Waals surface area contributed by atoms with Crippen LogP contribution in [0.5, 0.6) is 0 Å². The van der Waals surface area contributed by atoms with Crippen molar-refractivity contribution in [1.82, 2.24) is 0 Å². The summed E-state index contributed by atoms with van der Waals surface area (Å²) >= 11 is 14.0. The lowest BCUT2D eigenvalue weighted by atomic mass is 10.1. The minimum atomic E-state index is -4.53. The first kappa shape index (κ1) is 17.1. The van der Waals surface area contributed by atoms with E-state index in [0.717, 1.165) is 18.2 Å². The number of allylic oxidation sites excluding steroid dienone is 1. The Morgan fingerprint density at radius 2 is 1.95 bits per heavy atom. The molecule has 2 rings (SSSR count). The predicted octanol–water partition coefficient (Wildman–Crippen LogP) is 6.16. The minimum absolute atomic E-state index is 0.0917. The third-order valence-corrected chi connectivity index (χ3v) is 3.73. The van der Waals surface area contributed by atoms with Gasteiger partial charge in [0.05, 0.1) is 10.6 Å². The summed E-state index contributed by atoms with van der Waals surface area (Å²) in [4.78, 5) is 10.6. The summed E-state index contributed by atoms with van der Waals surface area (Å²) in [5, 5.41) is -0.600. The van der Waals surface area contributed by atoms with Gasteiger partial charge >= 0.3 is 6.18 Å². The summed E-state index contributed by atoms with van der Waals surface area (Å²) in [6, 6.07) is 4.98. The van der Waals surface area contributed by atoms with Gasteiger partial charge in [-0.05, 0) is 41.9 Å². The molecule has 1 heterocycles. The first-order chi connectivity index (χ1) is 10.2. The van der Waals surface area contributed by atoms with Crippen molar-refractivity contribution in [3.63, 3.8) is 0 Å². The molecule has 0 N–H and O–H groups in total. The van der Waals surface area contributed by atoms with E-state index in [1.165, 1.54) is 18.2 Å². The van der Waals surface area contributed by atoms with Crippen molar-refractivity contribution in [3.05, 3.63) is 51.2 Å². The molecule has 0 unspecified atom stereocenters. The first-order valence-corrected chi connectivity index (χ1v) is 7.27. The van der Waals surface area contributed by atoms with Gasteiger partial charge in [0.1, 0.15) is 11.5 Å². The summed E-state index contributed by atoms with van der Waals surface area (Å²) in [5.74, 6) is 0.404. The van der Waals surface area contributed by atoms with Crippen molar-refractivity contribution in [1.29, 1.82) is 0 Å². The lowest BCUT2D eigenvalue weighted by molar-refractivity contribution is -0.138. The van der Waals surface area contributed by atoms with Crippen LogP contribution in [-0.2, 0) is 11.0 Å². The highest BCUT2D eigenvalue weighted by molar-refractivity contribution is 9.10. The number of furan rings is 1. The number of carbonyl (C=O) groups is 1. The largest absolute Gasteiger partial charge is 0.457 e. The van der Waals surface area contributed by atoms with Gasteiger partial charge in [0.15, 0.2) is 0 Å². The van der Waals surface area contributed by atoms with E-state index in [1.807, 2.05) is 0 Å². The highest BCUT2D eigenvalue weighted by Gasteiger charge is 2.34. The molecule has 22 heavy (non-hydrogen) atoms. The van der Waals surface area contributed by atoms with E-state index in [4.69, 9.17) is 27.6 Å². The maximum atomic E-state index is 12.9. The highest BCUT2D eigenvalue weighted by atomic mass is 79.9. The van der Waals surface area contributed by atoms with Gasteiger partial charge in [0, 0.05) is 16.1 Å². The molecule has 0 aliphatic rings. The van der Waals surface area contributed by atoms with E-state index in [0.29, 0.717) is 0 Å². The molecule has 0 spiro atoms. The van der Waals surface area contributed by atoms with Crippen LogP contribution in [0, 0.1) is 0 Å². The summed E-state index contributed by atoms with van der Waals surface area (Å²) in [7, 11) is 0. The fraction of sp³-hybridized carbons (Fsp3) is 0.0714. The van der Waals surface area contributed by atoms with Crippen LogP contribution >= 0.6 is 39.1 Å². The SMILES string of the molecule is O=C(Cl)/C=C/c1ccc(-c2cc(C(F)(F)F)c(Br)cc2Cl)o1. The second kappa shape index (κ2) is 6.48. The summed E-state index contributed by atoms with van der Waals surface area (Å²) in [5.41, 5.74) is -0.773. The zero-order chi connectivity index (χ0) is 16.5. The Balaban J connectivity index is 2.47.